The molecule has 0 saturated heterocycles. The summed E-state index contributed by atoms with van der Waals surface area (Å²) in [5.41, 5.74) is 7.74. The molecule has 2 rings (SSSR count). The van der Waals surface area contributed by atoms with Gasteiger partial charge in [-0.2, -0.15) is 0 Å². The molecule has 1 aliphatic rings. The van der Waals surface area contributed by atoms with Crippen molar-refractivity contribution in [1.29, 1.82) is 0 Å². The van der Waals surface area contributed by atoms with E-state index in [-0.39, 0.29) is 5.41 Å². The van der Waals surface area contributed by atoms with Crippen LogP contribution in [0.2, 0.25) is 0 Å². The van der Waals surface area contributed by atoms with E-state index in [9.17, 15) is 4.79 Å². The molecule has 3 N–H and O–H groups in total. The summed E-state index contributed by atoms with van der Waals surface area (Å²) in [5.74, 6) is 0.453. The van der Waals surface area contributed by atoms with Gasteiger partial charge in [0.25, 0.3) is 0 Å². The highest BCUT2D eigenvalue weighted by atomic mass is 16.5. The van der Waals surface area contributed by atoms with Crippen molar-refractivity contribution in [3.63, 3.8) is 0 Å². The Hall–Kier alpha value is -1.71. The van der Waals surface area contributed by atoms with Crippen molar-refractivity contribution < 1.29 is 9.53 Å². The van der Waals surface area contributed by atoms with Crippen LogP contribution < -0.4 is 11.1 Å². The molecule has 0 unspecified atom stereocenters. The van der Waals surface area contributed by atoms with Crippen LogP contribution in [0.4, 0.5) is 10.5 Å². The van der Waals surface area contributed by atoms with Crippen LogP contribution in [0.25, 0.3) is 0 Å². The zero-order valence-corrected chi connectivity index (χ0v) is 13.9. The van der Waals surface area contributed by atoms with Crippen LogP contribution in [0.15, 0.2) is 24.3 Å². The van der Waals surface area contributed by atoms with Crippen molar-refractivity contribution in [3.05, 3.63) is 29.8 Å². The van der Waals surface area contributed by atoms with Crippen molar-refractivity contribution in [1.82, 2.24) is 0 Å². The van der Waals surface area contributed by atoms with Gasteiger partial charge in [-0.1, -0.05) is 32.9 Å². The van der Waals surface area contributed by atoms with Gasteiger partial charge in [0.1, 0.15) is 0 Å². The number of hydrogen-bond acceptors (Lipinski definition) is 3. The van der Waals surface area contributed by atoms with Crippen LogP contribution >= 0.6 is 0 Å². The molecule has 1 aliphatic carbocycles. The summed E-state index contributed by atoms with van der Waals surface area (Å²) in [5, 5.41) is 3.61. The molecule has 1 saturated carbocycles. The molecule has 1 aromatic rings. The summed E-state index contributed by atoms with van der Waals surface area (Å²) >= 11 is 0. The van der Waals surface area contributed by atoms with E-state index in [1.165, 1.54) is 11.3 Å². The van der Waals surface area contributed by atoms with Gasteiger partial charge in [0.05, 0.1) is 6.61 Å². The highest BCUT2D eigenvalue weighted by molar-refractivity contribution is 5.64. The number of carbonyl (C=O) groups is 1. The van der Waals surface area contributed by atoms with Gasteiger partial charge in [0.15, 0.2) is 0 Å². The zero-order chi connectivity index (χ0) is 16.2. The lowest BCUT2D eigenvalue weighted by Crippen LogP contribution is -2.29. The average Bonchev–Trinajstić information content (AvgIpc) is 2.46. The maximum absolute atomic E-state index is 10.6. The summed E-state index contributed by atoms with van der Waals surface area (Å²) in [6.45, 7) is 7.14. The third-order valence-electron chi connectivity index (χ3n) is 4.43. The summed E-state index contributed by atoms with van der Waals surface area (Å²) in [4.78, 5) is 10.6. The minimum absolute atomic E-state index is 0.191. The summed E-state index contributed by atoms with van der Waals surface area (Å²) < 4.78 is 4.90. The Bertz CT molecular complexity index is 483. The third-order valence-corrected chi connectivity index (χ3v) is 4.43. The molecule has 122 valence electrons. The first-order valence-electron chi connectivity index (χ1n) is 8.14. The van der Waals surface area contributed by atoms with E-state index in [1.54, 1.807) is 0 Å². The molecular formula is C18H28N2O2. The maximum Gasteiger partial charge on any atom is 0.404 e. The fourth-order valence-electron chi connectivity index (χ4n) is 2.98. The van der Waals surface area contributed by atoms with Gasteiger partial charge in [-0.05, 0) is 54.7 Å². The molecule has 0 aromatic heterocycles. The fraction of sp³-hybridized carbons (Fsp3) is 0.611. The second-order valence-corrected chi connectivity index (χ2v) is 7.32. The summed E-state index contributed by atoms with van der Waals surface area (Å²) in [7, 11) is 0. The lowest BCUT2D eigenvalue weighted by atomic mass is 9.86. The van der Waals surface area contributed by atoms with Crippen molar-refractivity contribution in [2.24, 2.45) is 11.7 Å². The Kier molecular flexibility index (Phi) is 5.33. The number of nitrogens with two attached hydrogens (primary N) is 1. The number of hydrogen-bond donors (Lipinski definition) is 2. The third kappa shape index (κ3) is 4.93. The van der Waals surface area contributed by atoms with Crippen LogP contribution in [0.3, 0.4) is 0 Å². The lowest BCUT2D eigenvalue weighted by molar-refractivity contribution is 0.123. The second-order valence-electron chi connectivity index (χ2n) is 7.32. The van der Waals surface area contributed by atoms with Gasteiger partial charge >= 0.3 is 6.09 Å². The number of amides is 1. The van der Waals surface area contributed by atoms with Crippen molar-refractivity contribution >= 4 is 11.8 Å². The molecule has 4 nitrogen and oxygen atoms in total. The van der Waals surface area contributed by atoms with Gasteiger partial charge in [-0.3, -0.25) is 0 Å². The Balaban J connectivity index is 1.80. The molecule has 22 heavy (non-hydrogen) atoms. The SMILES string of the molecule is CC(C)(C)c1ccc(NC2CCC(COC(N)=O)CC2)cc1. The molecule has 1 amide bonds. The van der Waals surface area contributed by atoms with Gasteiger partial charge in [-0.25, -0.2) is 4.79 Å². The molecule has 0 atom stereocenters. The number of anilines is 1. The monoisotopic (exact) mass is 304 g/mol. The number of primary amides is 1. The van der Waals surface area contributed by atoms with E-state index in [4.69, 9.17) is 10.5 Å². The first-order valence-corrected chi connectivity index (χ1v) is 8.14. The minimum atomic E-state index is -0.667. The van der Waals surface area contributed by atoms with Crippen LogP contribution in [-0.4, -0.2) is 18.7 Å². The van der Waals surface area contributed by atoms with E-state index in [0.717, 1.165) is 25.7 Å². The smallest absolute Gasteiger partial charge is 0.404 e. The standard InChI is InChI=1S/C18H28N2O2/c1-18(2,3)14-6-10-16(11-7-14)20-15-8-4-13(5-9-15)12-22-17(19)21/h6-7,10-11,13,15,20H,4-5,8-9,12H2,1-3H3,(H2,19,21). The zero-order valence-electron chi connectivity index (χ0n) is 13.9. The normalized spacial score (nSPS) is 22.1. The fourth-order valence-corrected chi connectivity index (χ4v) is 2.98. The Morgan fingerprint density at radius 2 is 1.77 bits per heavy atom. The Labute approximate surface area is 133 Å². The highest BCUT2D eigenvalue weighted by Crippen LogP contribution is 2.28. The second kappa shape index (κ2) is 7.03. The molecule has 0 radical (unpaired) electrons. The predicted molar refractivity (Wildman–Crippen MR) is 90.0 cm³/mol. The summed E-state index contributed by atoms with van der Waals surface area (Å²) in [6.07, 6.45) is 3.69. The van der Waals surface area contributed by atoms with E-state index in [2.05, 4.69) is 50.4 Å². The number of benzene rings is 1. The summed E-state index contributed by atoms with van der Waals surface area (Å²) in [6, 6.07) is 9.25. The van der Waals surface area contributed by atoms with Crippen LogP contribution in [0.5, 0.6) is 0 Å². The van der Waals surface area contributed by atoms with Crippen molar-refractivity contribution in [2.75, 3.05) is 11.9 Å². The van der Waals surface area contributed by atoms with E-state index >= 15 is 0 Å². The molecule has 0 spiro atoms. The van der Waals surface area contributed by atoms with E-state index < -0.39 is 6.09 Å². The molecule has 1 fully saturated rings. The first-order chi connectivity index (χ1) is 10.3. The van der Waals surface area contributed by atoms with Gasteiger partial charge in [0, 0.05) is 11.7 Å². The van der Waals surface area contributed by atoms with Gasteiger partial charge in [0.2, 0.25) is 0 Å². The predicted octanol–water partition coefficient (Wildman–Crippen LogP) is 4.05. The van der Waals surface area contributed by atoms with Crippen LogP contribution in [0.1, 0.15) is 52.0 Å². The molecule has 0 aliphatic heterocycles. The average molecular weight is 304 g/mol. The first kappa shape index (κ1) is 16.7. The Morgan fingerprint density at radius 1 is 1.18 bits per heavy atom. The topological polar surface area (TPSA) is 64.3 Å². The molecular weight excluding hydrogens is 276 g/mol. The number of ether oxygens (including phenoxy) is 1. The maximum atomic E-state index is 10.6. The number of nitrogens with one attached hydrogen (secondary N) is 1. The molecule has 1 aromatic carbocycles. The van der Waals surface area contributed by atoms with Gasteiger partial charge < -0.3 is 15.8 Å². The number of rotatable bonds is 4. The largest absolute Gasteiger partial charge is 0.449 e. The van der Waals surface area contributed by atoms with Crippen LogP contribution in [-0.2, 0) is 10.2 Å². The van der Waals surface area contributed by atoms with Crippen molar-refractivity contribution in [3.8, 4) is 0 Å². The van der Waals surface area contributed by atoms with Crippen LogP contribution in [0, 0.1) is 5.92 Å². The molecule has 0 bridgehead atoms. The highest BCUT2D eigenvalue weighted by Gasteiger charge is 2.22. The quantitative estimate of drug-likeness (QED) is 0.882. The Morgan fingerprint density at radius 3 is 2.27 bits per heavy atom. The molecule has 4 heteroatoms. The molecule has 0 heterocycles. The van der Waals surface area contributed by atoms with E-state index in [0.29, 0.717) is 18.6 Å². The minimum Gasteiger partial charge on any atom is -0.449 e. The lowest BCUT2D eigenvalue weighted by Gasteiger charge is -2.29. The van der Waals surface area contributed by atoms with E-state index in [1.807, 2.05) is 0 Å². The van der Waals surface area contributed by atoms with Gasteiger partial charge in [-0.15, -0.1) is 0 Å². The van der Waals surface area contributed by atoms with Crippen molar-refractivity contribution in [2.45, 2.75) is 57.9 Å². The number of carbonyl (C=O) groups excluding carboxylic acids is 1.